The Hall–Kier alpha value is -4.04. The summed E-state index contributed by atoms with van der Waals surface area (Å²) in [6, 6.07) is 23.8. The second-order valence-corrected chi connectivity index (χ2v) is 12.7. The maximum Gasteiger partial charge on any atom is 0.255 e. The minimum atomic E-state index is -0.451. The third kappa shape index (κ3) is 6.54. The predicted octanol–water partition coefficient (Wildman–Crippen LogP) is 7.89. The van der Waals surface area contributed by atoms with Gasteiger partial charge in [0.1, 0.15) is 18.4 Å². The number of anilines is 2. The second kappa shape index (κ2) is 12.4. The smallest absolute Gasteiger partial charge is 0.255 e. The number of fused-ring (bicyclic) bond motifs is 1. The highest BCUT2D eigenvalue weighted by Crippen LogP contribution is 2.37. The Kier molecular flexibility index (Phi) is 8.73. The number of hydrogen-bond donors (Lipinski definition) is 2. The average Bonchev–Trinajstić information content (AvgIpc) is 3.37. The SMILES string of the molecule is CCCSc1nc2n(n1)C(c1ccc(OCc3ccc(C(C)(C)C)cc3)cc1)C(C(=O)Nc1ccccc1C)=C(C)N2. The molecule has 1 aromatic heterocycles. The van der Waals surface area contributed by atoms with Gasteiger partial charge in [0.2, 0.25) is 11.1 Å². The number of thioether (sulfide) groups is 1. The van der Waals surface area contributed by atoms with Crippen molar-refractivity contribution in [1.29, 1.82) is 0 Å². The monoisotopic (exact) mass is 581 g/mol. The summed E-state index contributed by atoms with van der Waals surface area (Å²) in [5, 5.41) is 11.9. The number of carbonyl (C=O) groups is 1. The van der Waals surface area contributed by atoms with Crippen molar-refractivity contribution in [1.82, 2.24) is 14.8 Å². The number of aryl methyl sites for hydroxylation is 1. The average molecular weight is 582 g/mol. The number of aromatic nitrogens is 3. The number of hydrogen-bond acceptors (Lipinski definition) is 6. The Balaban J connectivity index is 1.41. The first-order valence-electron chi connectivity index (χ1n) is 14.4. The van der Waals surface area contributed by atoms with Gasteiger partial charge < -0.3 is 15.4 Å². The summed E-state index contributed by atoms with van der Waals surface area (Å²) in [6.45, 7) is 13.1. The van der Waals surface area contributed by atoms with E-state index in [1.807, 2.05) is 67.1 Å². The molecular formula is C34H39N5O2S. The van der Waals surface area contributed by atoms with Crippen LogP contribution in [0, 0.1) is 6.92 Å². The second-order valence-electron chi connectivity index (χ2n) is 11.7. The third-order valence-electron chi connectivity index (χ3n) is 7.33. The van der Waals surface area contributed by atoms with Crippen LogP contribution in [-0.4, -0.2) is 26.4 Å². The van der Waals surface area contributed by atoms with Crippen LogP contribution in [0.15, 0.2) is 89.2 Å². The Morgan fingerprint density at radius 2 is 1.74 bits per heavy atom. The Morgan fingerprint density at radius 1 is 1.02 bits per heavy atom. The van der Waals surface area contributed by atoms with Gasteiger partial charge in [0, 0.05) is 17.1 Å². The van der Waals surface area contributed by atoms with E-state index in [9.17, 15) is 4.79 Å². The lowest BCUT2D eigenvalue weighted by Gasteiger charge is -2.29. The van der Waals surface area contributed by atoms with Crippen LogP contribution in [0.25, 0.3) is 0 Å². The van der Waals surface area contributed by atoms with Crippen molar-refractivity contribution in [2.24, 2.45) is 0 Å². The van der Waals surface area contributed by atoms with Crippen LogP contribution in [-0.2, 0) is 16.8 Å². The van der Waals surface area contributed by atoms with Crippen LogP contribution in [0.2, 0.25) is 0 Å². The van der Waals surface area contributed by atoms with Crippen LogP contribution in [0.3, 0.4) is 0 Å². The van der Waals surface area contributed by atoms with Gasteiger partial charge >= 0.3 is 0 Å². The highest BCUT2D eigenvalue weighted by atomic mass is 32.2. The molecule has 1 amide bonds. The van der Waals surface area contributed by atoms with E-state index in [2.05, 4.69) is 62.6 Å². The van der Waals surface area contributed by atoms with E-state index in [1.54, 1.807) is 11.8 Å². The summed E-state index contributed by atoms with van der Waals surface area (Å²) in [7, 11) is 0. The quantitative estimate of drug-likeness (QED) is 0.196. The maximum atomic E-state index is 13.8. The molecule has 0 aliphatic carbocycles. The molecule has 1 aliphatic heterocycles. The van der Waals surface area contributed by atoms with E-state index in [0.29, 0.717) is 23.3 Å². The van der Waals surface area contributed by atoms with Gasteiger partial charge in [0.25, 0.3) is 5.91 Å². The fourth-order valence-electron chi connectivity index (χ4n) is 4.90. The summed E-state index contributed by atoms with van der Waals surface area (Å²) >= 11 is 1.61. The van der Waals surface area contributed by atoms with Crippen molar-refractivity contribution in [3.8, 4) is 5.75 Å². The Labute approximate surface area is 252 Å². The summed E-state index contributed by atoms with van der Waals surface area (Å²) in [5.41, 5.74) is 6.57. The van der Waals surface area contributed by atoms with E-state index in [1.165, 1.54) is 5.56 Å². The number of ether oxygens (including phenoxy) is 1. The van der Waals surface area contributed by atoms with E-state index in [-0.39, 0.29) is 11.3 Å². The van der Waals surface area contributed by atoms with Gasteiger partial charge in [-0.25, -0.2) is 4.68 Å². The number of carbonyl (C=O) groups excluding carboxylic acids is 1. The molecule has 1 unspecified atom stereocenters. The molecular weight excluding hydrogens is 542 g/mol. The lowest BCUT2D eigenvalue weighted by molar-refractivity contribution is -0.113. The van der Waals surface area contributed by atoms with E-state index in [0.717, 1.165) is 46.0 Å². The van der Waals surface area contributed by atoms with Crippen LogP contribution in [0.4, 0.5) is 11.6 Å². The predicted molar refractivity (Wildman–Crippen MR) is 171 cm³/mol. The van der Waals surface area contributed by atoms with Gasteiger partial charge in [-0.3, -0.25) is 4.79 Å². The molecule has 2 N–H and O–H groups in total. The normalized spacial score (nSPS) is 14.8. The Morgan fingerprint density at radius 3 is 2.40 bits per heavy atom. The fourth-order valence-corrected chi connectivity index (χ4v) is 5.59. The lowest BCUT2D eigenvalue weighted by atomic mass is 9.87. The molecule has 0 saturated heterocycles. The highest BCUT2D eigenvalue weighted by Gasteiger charge is 2.34. The number of allylic oxidation sites excluding steroid dienone is 1. The molecule has 218 valence electrons. The zero-order valence-electron chi connectivity index (χ0n) is 25.2. The van der Waals surface area contributed by atoms with Crippen LogP contribution < -0.4 is 15.4 Å². The number of para-hydroxylation sites is 1. The largest absolute Gasteiger partial charge is 0.489 e. The molecule has 0 spiro atoms. The number of amides is 1. The third-order valence-corrected chi connectivity index (χ3v) is 8.37. The minimum Gasteiger partial charge on any atom is -0.489 e. The highest BCUT2D eigenvalue weighted by molar-refractivity contribution is 7.99. The number of benzene rings is 3. The molecule has 5 rings (SSSR count). The van der Waals surface area contributed by atoms with Crippen LogP contribution >= 0.6 is 11.8 Å². The molecule has 0 saturated carbocycles. The Bertz CT molecular complexity index is 1580. The van der Waals surface area contributed by atoms with Gasteiger partial charge in [-0.15, -0.1) is 5.10 Å². The first kappa shape index (κ1) is 29.5. The molecule has 0 bridgehead atoms. The van der Waals surface area contributed by atoms with Gasteiger partial charge in [0.05, 0.1) is 5.57 Å². The van der Waals surface area contributed by atoms with Crippen LogP contribution in [0.5, 0.6) is 5.75 Å². The summed E-state index contributed by atoms with van der Waals surface area (Å²) in [6.07, 6.45) is 1.02. The molecule has 0 radical (unpaired) electrons. The molecule has 3 aromatic carbocycles. The molecule has 0 fully saturated rings. The number of nitrogens with one attached hydrogen (secondary N) is 2. The van der Waals surface area contributed by atoms with E-state index in [4.69, 9.17) is 14.8 Å². The molecule has 8 heteroatoms. The van der Waals surface area contributed by atoms with Crippen molar-refractivity contribution in [2.45, 2.75) is 71.2 Å². The maximum absolute atomic E-state index is 13.8. The molecule has 2 heterocycles. The molecule has 7 nitrogen and oxygen atoms in total. The minimum absolute atomic E-state index is 0.117. The summed E-state index contributed by atoms with van der Waals surface area (Å²) in [5.74, 6) is 2.13. The topological polar surface area (TPSA) is 81.1 Å². The van der Waals surface area contributed by atoms with Crippen LogP contribution in [0.1, 0.15) is 69.3 Å². The standard InChI is InChI=1S/C34H39N5O2S/c1-7-20-42-33-37-32-35-23(3)29(31(40)36-28-11-9-8-10-22(28)2)30(39(32)38-33)25-14-18-27(19-15-25)41-21-24-12-16-26(17-13-24)34(4,5)6/h8-19,30H,7,20-21H2,1-6H3,(H,36,40)(H,35,37,38). The molecule has 1 aliphatic rings. The van der Waals surface area contributed by atoms with Crippen molar-refractivity contribution in [3.05, 3.63) is 106 Å². The fraction of sp³-hybridized carbons (Fsp3) is 0.324. The molecule has 4 aromatic rings. The van der Waals surface area contributed by atoms with Crippen molar-refractivity contribution >= 4 is 29.3 Å². The van der Waals surface area contributed by atoms with Crippen molar-refractivity contribution < 1.29 is 9.53 Å². The van der Waals surface area contributed by atoms with Crippen molar-refractivity contribution in [2.75, 3.05) is 16.4 Å². The number of rotatable bonds is 9. The van der Waals surface area contributed by atoms with Gasteiger partial charge in [-0.1, -0.05) is 94.1 Å². The zero-order valence-corrected chi connectivity index (χ0v) is 26.0. The molecule has 1 atom stereocenters. The molecule has 42 heavy (non-hydrogen) atoms. The summed E-state index contributed by atoms with van der Waals surface area (Å²) in [4.78, 5) is 18.5. The first-order valence-corrected chi connectivity index (χ1v) is 15.4. The van der Waals surface area contributed by atoms with E-state index >= 15 is 0 Å². The van der Waals surface area contributed by atoms with Gasteiger partial charge in [-0.05, 0) is 66.1 Å². The first-order chi connectivity index (χ1) is 20.1. The zero-order chi connectivity index (χ0) is 29.9. The van der Waals surface area contributed by atoms with Gasteiger partial charge in [0.15, 0.2) is 0 Å². The number of nitrogens with zero attached hydrogens (tertiary/aromatic N) is 3. The van der Waals surface area contributed by atoms with E-state index < -0.39 is 6.04 Å². The van der Waals surface area contributed by atoms with Crippen molar-refractivity contribution in [3.63, 3.8) is 0 Å². The lowest BCUT2D eigenvalue weighted by Crippen LogP contribution is -2.31. The van der Waals surface area contributed by atoms with Gasteiger partial charge in [-0.2, -0.15) is 4.98 Å². The summed E-state index contributed by atoms with van der Waals surface area (Å²) < 4.78 is 7.95.